The van der Waals surface area contributed by atoms with Crippen molar-refractivity contribution in [1.82, 2.24) is 0 Å². The zero-order chi connectivity index (χ0) is 25.7. The molecule has 0 radical (unpaired) electrons. The molecule has 0 saturated heterocycles. The molecule has 0 nitrogen and oxygen atoms in total. The van der Waals surface area contributed by atoms with Crippen molar-refractivity contribution in [3.63, 3.8) is 0 Å². The highest BCUT2D eigenvalue weighted by molar-refractivity contribution is 5.72. The maximum atomic E-state index is 15.0. The summed E-state index contributed by atoms with van der Waals surface area (Å²) >= 11 is 0. The highest BCUT2D eigenvalue weighted by atomic mass is 19.2. The van der Waals surface area contributed by atoms with E-state index < -0.39 is 23.3 Å². The lowest BCUT2D eigenvalue weighted by Gasteiger charge is -2.11. The SMILES string of the molecule is CCCCc1ccc(CCc2ccc(-c3ccc(-c4ccc(CC)cc4)c(F)c3F)cc2)c(F)c1F. The molecule has 0 aliphatic heterocycles. The molecule has 0 saturated carbocycles. The van der Waals surface area contributed by atoms with Gasteiger partial charge in [0, 0.05) is 11.1 Å². The van der Waals surface area contributed by atoms with Gasteiger partial charge in [0.25, 0.3) is 0 Å². The van der Waals surface area contributed by atoms with Crippen molar-refractivity contribution in [2.75, 3.05) is 0 Å². The molecule has 0 heterocycles. The van der Waals surface area contributed by atoms with Gasteiger partial charge in [-0.15, -0.1) is 0 Å². The van der Waals surface area contributed by atoms with Crippen LogP contribution in [0.15, 0.2) is 72.8 Å². The average Bonchev–Trinajstić information content (AvgIpc) is 2.91. The van der Waals surface area contributed by atoms with Gasteiger partial charge in [-0.3, -0.25) is 0 Å². The fraction of sp³-hybridized carbons (Fsp3) is 0.250. The summed E-state index contributed by atoms with van der Waals surface area (Å²) in [5, 5.41) is 0. The normalized spacial score (nSPS) is 11.2. The summed E-state index contributed by atoms with van der Waals surface area (Å²) in [4.78, 5) is 0. The number of halogens is 4. The fourth-order valence-corrected chi connectivity index (χ4v) is 4.43. The Labute approximate surface area is 210 Å². The number of benzene rings is 4. The Bertz CT molecular complexity index is 1320. The first kappa shape index (κ1) is 25.7. The molecule has 4 rings (SSSR count). The van der Waals surface area contributed by atoms with Gasteiger partial charge in [0.1, 0.15) is 0 Å². The molecule has 0 aromatic heterocycles. The predicted octanol–water partition coefficient (Wildman–Crippen LogP) is 9.27. The Morgan fingerprint density at radius 1 is 0.472 bits per heavy atom. The van der Waals surface area contributed by atoms with Crippen LogP contribution in [0.1, 0.15) is 48.9 Å². The van der Waals surface area contributed by atoms with Crippen LogP contribution in [0.2, 0.25) is 0 Å². The van der Waals surface area contributed by atoms with E-state index in [0.29, 0.717) is 41.5 Å². The van der Waals surface area contributed by atoms with Gasteiger partial charge in [0.15, 0.2) is 23.3 Å². The lowest BCUT2D eigenvalue weighted by molar-refractivity contribution is 0.487. The highest BCUT2D eigenvalue weighted by Gasteiger charge is 2.17. The van der Waals surface area contributed by atoms with Crippen molar-refractivity contribution < 1.29 is 17.6 Å². The van der Waals surface area contributed by atoms with Gasteiger partial charge in [-0.25, -0.2) is 17.6 Å². The lowest BCUT2D eigenvalue weighted by atomic mass is 9.96. The number of rotatable bonds is 9. The summed E-state index contributed by atoms with van der Waals surface area (Å²) in [7, 11) is 0. The molecule has 36 heavy (non-hydrogen) atoms. The van der Waals surface area contributed by atoms with E-state index in [0.717, 1.165) is 30.4 Å². The van der Waals surface area contributed by atoms with Crippen LogP contribution < -0.4 is 0 Å². The van der Waals surface area contributed by atoms with Crippen LogP contribution in [0.5, 0.6) is 0 Å². The van der Waals surface area contributed by atoms with Gasteiger partial charge in [-0.1, -0.05) is 93.1 Å². The van der Waals surface area contributed by atoms with Gasteiger partial charge in [0.2, 0.25) is 0 Å². The first-order chi connectivity index (χ1) is 17.4. The van der Waals surface area contributed by atoms with Crippen LogP contribution in [-0.2, 0) is 25.7 Å². The van der Waals surface area contributed by atoms with Crippen LogP contribution in [0, 0.1) is 23.3 Å². The van der Waals surface area contributed by atoms with Crippen molar-refractivity contribution in [2.45, 2.75) is 52.4 Å². The number of aryl methyl sites for hydroxylation is 4. The Morgan fingerprint density at radius 2 is 0.944 bits per heavy atom. The van der Waals surface area contributed by atoms with E-state index in [1.807, 2.05) is 38.1 Å². The Hall–Kier alpha value is -3.40. The van der Waals surface area contributed by atoms with E-state index >= 15 is 0 Å². The second-order valence-electron chi connectivity index (χ2n) is 9.15. The molecule has 0 fully saturated rings. The fourth-order valence-electron chi connectivity index (χ4n) is 4.43. The van der Waals surface area contributed by atoms with Crippen LogP contribution in [0.3, 0.4) is 0 Å². The summed E-state index contributed by atoms with van der Waals surface area (Å²) in [5.74, 6) is -3.29. The summed E-state index contributed by atoms with van der Waals surface area (Å²) in [6.45, 7) is 4.05. The third-order valence-corrected chi connectivity index (χ3v) is 6.75. The third kappa shape index (κ3) is 5.53. The van der Waals surface area contributed by atoms with Crippen molar-refractivity contribution in [1.29, 1.82) is 0 Å². The second kappa shape index (κ2) is 11.6. The summed E-state index contributed by atoms with van der Waals surface area (Å²) in [6, 6.07) is 21.1. The van der Waals surface area contributed by atoms with E-state index in [2.05, 4.69) is 0 Å². The van der Waals surface area contributed by atoms with Crippen LogP contribution in [0.25, 0.3) is 22.3 Å². The van der Waals surface area contributed by atoms with Gasteiger partial charge >= 0.3 is 0 Å². The lowest BCUT2D eigenvalue weighted by Crippen LogP contribution is -2.02. The second-order valence-corrected chi connectivity index (χ2v) is 9.15. The molecule has 4 aromatic carbocycles. The molecule has 0 aliphatic rings. The Balaban J connectivity index is 1.48. The van der Waals surface area contributed by atoms with Crippen LogP contribution >= 0.6 is 0 Å². The van der Waals surface area contributed by atoms with Gasteiger partial charge in [-0.2, -0.15) is 0 Å². The molecular weight excluding hydrogens is 460 g/mol. The smallest absolute Gasteiger partial charge is 0.167 e. The Kier molecular flexibility index (Phi) is 8.25. The molecular formula is C32H30F4. The molecule has 0 amide bonds. The maximum Gasteiger partial charge on any atom is 0.167 e. The van der Waals surface area contributed by atoms with E-state index in [1.54, 1.807) is 48.5 Å². The summed E-state index contributed by atoms with van der Waals surface area (Å²) < 4.78 is 58.8. The zero-order valence-electron chi connectivity index (χ0n) is 20.7. The minimum Gasteiger partial charge on any atom is -0.203 e. The Morgan fingerprint density at radius 3 is 1.42 bits per heavy atom. The van der Waals surface area contributed by atoms with Gasteiger partial charge < -0.3 is 0 Å². The standard InChI is InChI=1S/C32H30F4/c1-3-5-6-25-17-18-26(30(34)29(25)33)16-11-22-9-14-24(15-10-22)28-20-19-27(31(35)32(28)36)23-12-7-21(4-2)8-13-23/h7-10,12-15,17-20H,3-6,11,16H2,1-2H3. The molecule has 186 valence electrons. The largest absolute Gasteiger partial charge is 0.203 e. The quantitative estimate of drug-likeness (QED) is 0.205. The molecule has 0 N–H and O–H groups in total. The van der Waals surface area contributed by atoms with E-state index in [-0.39, 0.29) is 11.1 Å². The number of hydrogen-bond acceptors (Lipinski definition) is 0. The molecule has 4 heteroatoms. The van der Waals surface area contributed by atoms with Crippen LogP contribution in [-0.4, -0.2) is 0 Å². The van der Waals surface area contributed by atoms with Crippen molar-refractivity contribution in [2.24, 2.45) is 0 Å². The predicted molar refractivity (Wildman–Crippen MR) is 139 cm³/mol. The minimum absolute atomic E-state index is 0.184. The maximum absolute atomic E-state index is 15.0. The average molecular weight is 491 g/mol. The van der Waals surface area contributed by atoms with E-state index in [1.165, 1.54) is 0 Å². The zero-order valence-corrected chi connectivity index (χ0v) is 20.7. The number of unbranched alkanes of at least 4 members (excludes halogenated alkanes) is 1. The topological polar surface area (TPSA) is 0 Å². The van der Waals surface area contributed by atoms with Gasteiger partial charge in [0.05, 0.1) is 0 Å². The summed E-state index contributed by atoms with van der Waals surface area (Å²) in [5.41, 5.74) is 4.39. The molecule has 0 spiro atoms. The molecule has 0 unspecified atom stereocenters. The first-order valence-electron chi connectivity index (χ1n) is 12.5. The van der Waals surface area contributed by atoms with Crippen LogP contribution in [0.4, 0.5) is 17.6 Å². The first-order valence-corrected chi connectivity index (χ1v) is 12.5. The minimum atomic E-state index is -0.888. The van der Waals surface area contributed by atoms with Crippen molar-refractivity contribution >= 4 is 0 Å². The van der Waals surface area contributed by atoms with Crippen molar-refractivity contribution in [3.05, 3.63) is 118 Å². The van der Waals surface area contributed by atoms with E-state index in [9.17, 15) is 17.6 Å². The van der Waals surface area contributed by atoms with Gasteiger partial charge in [-0.05, 0) is 65.5 Å². The molecule has 4 aromatic rings. The monoisotopic (exact) mass is 490 g/mol. The van der Waals surface area contributed by atoms with E-state index in [4.69, 9.17) is 0 Å². The molecule has 0 atom stereocenters. The van der Waals surface area contributed by atoms with Crippen molar-refractivity contribution in [3.8, 4) is 22.3 Å². The number of hydrogen-bond donors (Lipinski definition) is 0. The molecule has 0 aliphatic carbocycles. The highest BCUT2D eigenvalue weighted by Crippen LogP contribution is 2.32. The summed E-state index contributed by atoms with van der Waals surface area (Å²) in [6.07, 6.45) is 4.01. The molecule has 0 bridgehead atoms. The third-order valence-electron chi connectivity index (χ3n) is 6.75.